The average molecular weight is 156 g/mol. The Bertz CT molecular complexity index is 135. The van der Waals surface area contributed by atoms with Crippen LogP contribution in [0.25, 0.3) is 0 Å². The summed E-state index contributed by atoms with van der Waals surface area (Å²) in [6.45, 7) is 2.16. The maximum absolute atomic E-state index is 9.29. The van der Waals surface area contributed by atoms with Gasteiger partial charge in [0.25, 0.3) is 0 Å². The van der Waals surface area contributed by atoms with Crippen molar-refractivity contribution in [2.45, 2.75) is 32.4 Å². The summed E-state index contributed by atoms with van der Waals surface area (Å²) < 4.78 is 0. The van der Waals surface area contributed by atoms with Gasteiger partial charge in [0.15, 0.2) is 0 Å². The van der Waals surface area contributed by atoms with Crippen molar-refractivity contribution in [3.05, 3.63) is 12.4 Å². The predicted octanol–water partition coefficient (Wildman–Crippen LogP) is 1.61. The summed E-state index contributed by atoms with van der Waals surface area (Å²) in [7, 11) is 1.98. The van der Waals surface area contributed by atoms with Gasteiger partial charge < -0.3 is 4.90 Å². The molecule has 1 heterocycles. The number of hydrogen-bond acceptors (Lipinski definition) is 3. The highest BCUT2D eigenvalue weighted by Crippen LogP contribution is 2.16. The van der Waals surface area contributed by atoms with Crippen LogP contribution in [0.5, 0.6) is 0 Å². The number of hydroxylamine groups is 2. The van der Waals surface area contributed by atoms with E-state index < -0.39 is 0 Å². The molecule has 11 heavy (non-hydrogen) atoms. The lowest BCUT2D eigenvalue weighted by Crippen LogP contribution is -2.34. The van der Waals surface area contributed by atoms with Crippen molar-refractivity contribution >= 4 is 0 Å². The molecule has 3 nitrogen and oxygen atoms in total. The second kappa shape index (κ2) is 3.62. The van der Waals surface area contributed by atoms with Gasteiger partial charge in [-0.15, -0.1) is 0 Å². The quantitative estimate of drug-likeness (QED) is 0.672. The van der Waals surface area contributed by atoms with Crippen molar-refractivity contribution in [1.29, 1.82) is 0 Å². The van der Waals surface area contributed by atoms with E-state index in [0.29, 0.717) is 0 Å². The minimum Gasteiger partial charge on any atom is -0.357 e. The molecule has 0 amide bonds. The van der Waals surface area contributed by atoms with Gasteiger partial charge in [-0.3, -0.25) is 5.21 Å². The van der Waals surface area contributed by atoms with Gasteiger partial charge in [0.2, 0.25) is 0 Å². The first kappa shape index (κ1) is 8.40. The second-order valence-corrected chi connectivity index (χ2v) is 2.97. The van der Waals surface area contributed by atoms with Crippen LogP contribution in [0.1, 0.15) is 26.2 Å². The molecule has 0 fully saturated rings. The van der Waals surface area contributed by atoms with Crippen LogP contribution < -0.4 is 0 Å². The lowest BCUT2D eigenvalue weighted by molar-refractivity contribution is -0.102. The van der Waals surface area contributed by atoms with E-state index in [2.05, 4.69) is 6.92 Å². The van der Waals surface area contributed by atoms with Crippen molar-refractivity contribution in [2.75, 3.05) is 7.05 Å². The Kier molecular flexibility index (Phi) is 2.76. The molecule has 0 aromatic heterocycles. The second-order valence-electron chi connectivity index (χ2n) is 2.97. The first-order valence-electron chi connectivity index (χ1n) is 4.13. The molecule has 0 saturated heterocycles. The molecular weight excluding hydrogens is 140 g/mol. The molecule has 1 aliphatic heterocycles. The zero-order valence-corrected chi connectivity index (χ0v) is 7.20. The maximum atomic E-state index is 9.29. The van der Waals surface area contributed by atoms with E-state index in [1.807, 2.05) is 18.1 Å². The highest BCUT2D eigenvalue weighted by Gasteiger charge is 2.20. The smallest absolute Gasteiger partial charge is 0.126 e. The third-order valence-electron chi connectivity index (χ3n) is 2.05. The maximum Gasteiger partial charge on any atom is 0.126 e. The fourth-order valence-electron chi connectivity index (χ4n) is 1.28. The highest BCUT2D eigenvalue weighted by molar-refractivity contribution is 4.90. The molecule has 1 atom stereocenters. The van der Waals surface area contributed by atoms with Crippen molar-refractivity contribution in [3.63, 3.8) is 0 Å². The van der Waals surface area contributed by atoms with Gasteiger partial charge in [-0.1, -0.05) is 13.3 Å². The highest BCUT2D eigenvalue weighted by atomic mass is 16.5. The van der Waals surface area contributed by atoms with Gasteiger partial charge in [-0.25, -0.2) is 5.06 Å². The van der Waals surface area contributed by atoms with Crippen LogP contribution in [-0.4, -0.2) is 28.4 Å². The Morgan fingerprint density at radius 2 is 2.18 bits per heavy atom. The van der Waals surface area contributed by atoms with Gasteiger partial charge >= 0.3 is 0 Å². The zero-order valence-electron chi connectivity index (χ0n) is 7.20. The fourth-order valence-corrected chi connectivity index (χ4v) is 1.28. The molecule has 0 aromatic carbocycles. The third-order valence-corrected chi connectivity index (χ3v) is 2.05. The molecule has 3 heteroatoms. The standard InChI is InChI=1S/C8H16N2O/c1-3-4-5-8-9(2)6-7-10(8)11/h6-8,11H,3-5H2,1-2H3. The molecule has 1 unspecified atom stereocenters. The van der Waals surface area contributed by atoms with Crippen LogP contribution in [-0.2, 0) is 0 Å². The Labute approximate surface area is 67.9 Å². The van der Waals surface area contributed by atoms with Crippen LogP contribution in [0, 0.1) is 0 Å². The van der Waals surface area contributed by atoms with E-state index in [1.54, 1.807) is 6.20 Å². The molecule has 0 spiro atoms. The van der Waals surface area contributed by atoms with Crippen LogP contribution in [0.4, 0.5) is 0 Å². The first-order valence-corrected chi connectivity index (χ1v) is 4.13. The van der Waals surface area contributed by atoms with E-state index in [0.717, 1.165) is 12.8 Å². The Morgan fingerprint density at radius 3 is 2.64 bits per heavy atom. The molecule has 64 valence electrons. The predicted molar refractivity (Wildman–Crippen MR) is 43.8 cm³/mol. The van der Waals surface area contributed by atoms with E-state index >= 15 is 0 Å². The van der Waals surface area contributed by atoms with E-state index in [-0.39, 0.29) is 6.17 Å². The molecule has 0 aromatic rings. The molecule has 1 aliphatic rings. The van der Waals surface area contributed by atoms with Crippen LogP contribution in [0.2, 0.25) is 0 Å². The van der Waals surface area contributed by atoms with Gasteiger partial charge in [-0.2, -0.15) is 0 Å². The van der Waals surface area contributed by atoms with Crippen LogP contribution in [0.15, 0.2) is 12.4 Å². The zero-order chi connectivity index (χ0) is 8.27. The third kappa shape index (κ3) is 1.87. The molecule has 1 rings (SSSR count). The number of nitrogens with zero attached hydrogens (tertiary/aromatic N) is 2. The summed E-state index contributed by atoms with van der Waals surface area (Å²) in [6, 6.07) is 0. The normalized spacial score (nSPS) is 23.4. The molecule has 0 aliphatic carbocycles. The summed E-state index contributed by atoms with van der Waals surface area (Å²) in [5.74, 6) is 0. The van der Waals surface area contributed by atoms with Crippen molar-refractivity contribution < 1.29 is 5.21 Å². The van der Waals surface area contributed by atoms with Gasteiger partial charge in [-0.05, 0) is 12.8 Å². The summed E-state index contributed by atoms with van der Waals surface area (Å²) in [4.78, 5) is 2.02. The van der Waals surface area contributed by atoms with Crippen molar-refractivity contribution in [3.8, 4) is 0 Å². The molecule has 0 saturated carbocycles. The van der Waals surface area contributed by atoms with E-state index in [4.69, 9.17) is 0 Å². The topological polar surface area (TPSA) is 26.7 Å². The van der Waals surface area contributed by atoms with E-state index in [9.17, 15) is 5.21 Å². The summed E-state index contributed by atoms with van der Waals surface area (Å²) >= 11 is 0. The number of rotatable bonds is 3. The van der Waals surface area contributed by atoms with Gasteiger partial charge in [0.05, 0.1) is 0 Å². The van der Waals surface area contributed by atoms with Crippen molar-refractivity contribution in [2.24, 2.45) is 0 Å². The Balaban J connectivity index is 2.33. The van der Waals surface area contributed by atoms with Gasteiger partial charge in [0, 0.05) is 19.4 Å². The van der Waals surface area contributed by atoms with E-state index in [1.165, 1.54) is 11.5 Å². The molecular formula is C8H16N2O. The Morgan fingerprint density at radius 1 is 1.45 bits per heavy atom. The van der Waals surface area contributed by atoms with Gasteiger partial charge in [0.1, 0.15) is 6.17 Å². The largest absolute Gasteiger partial charge is 0.357 e. The monoisotopic (exact) mass is 156 g/mol. The Hall–Kier alpha value is -0.700. The minimum absolute atomic E-state index is 0.162. The van der Waals surface area contributed by atoms with Crippen LogP contribution in [0.3, 0.4) is 0 Å². The number of hydrogen-bond donors (Lipinski definition) is 1. The van der Waals surface area contributed by atoms with Crippen LogP contribution >= 0.6 is 0 Å². The molecule has 0 bridgehead atoms. The summed E-state index contributed by atoms with van der Waals surface area (Å²) in [5.41, 5.74) is 0. The SMILES string of the molecule is CCCCC1N(C)C=CN1O. The van der Waals surface area contributed by atoms with Crippen molar-refractivity contribution in [1.82, 2.24) is 9.96 Å². The summed E-state index contributed by atoms with van der Waals surface area (Å²) in [6.07, 6.45) is 7.11. The molecule has 0 radical (unpaired) electrons. The summed E-state index contributed by atoms with van der Waals surface area (Å²) in [5, 5.41) is 10.6. The lowest BCUT2D eigenvalue weighted by atomic mass is 10.2. The average Bonchev–Trinajstić information content (AvgIpc) is 2.29. The fraction of sp³-hybridized carbons (Fsp3) is 0.750. The molecule has 1 N–H and O–H groups in total. The number of unbranched alkanes of at least 4 members (excludes halogenated alkanes) is 1. The minimum atomic E-state index is 0.162. The first-order chi connectivity index (χ1) is 5.25. The lowest BCUT2D eigenvalue weighted by Gasteiger charge is -2.25.